The zero-order valence-corrected chi connectivity index (χ0v) is 21.8. The van der Waals surface area contributed by atoms with Crippen molar-refractivity contribution in [1.82, 2.24) is 9.21 Å². The topological polar surface area (TPSA) is 64.1 Å². The van der Waals surface area contributed by atoms with Crippen molar-refractivity contribution in [2.45, 2.75) is 37.9 Å². The number of likely N-dealkylation sites (tertiary alicyclic amines) is 1. The van der Waals surface area contributed by atoms with Crippen molar-refractivity contribution in [3.8, 4) is 16.9 Å². The Hall–Kier alpha value is -2.65. The number of phenols is 1. The number of hydrogen-bond donors (Lipinski definition) is 1. The van der Waals surface area contributed by atoms with E-state index in [-0.39, 0.29) is 11.8 Å². The molecular weight excluding hydrogens is 501 g/mol. The van der Waals surface area contributed by atoms with Crippen LogP contribution in [0.1, 0.15) is 25.3 Å². The second-order valence-electron chi connectivity index (χ2n) is 9.84. The highest BCUT2D eigenvalue weighted by Crippen LogP contribution is 2.44. The number of nitrogens with zero attached hydrogens (tertiary/aromatic N) is 3. The molecule has 2 heterocycles. The largest absolute Gasteiger partial charge is 0.507 e. The Bertz CT molecular complexity index is 1400. The summed E-state index contributed by atoms with van der Waals surface area (Å²) in [6, 6.07) is 18.9. The minimum Gasteiger partial charge on any atom is -0.507 e. The van der Waals surface area contributed by atoms with Crippen LogP contribution in [0.2, 0.25) is 5.02 Å². The maximum Gasteiger partial charge on any atom is 0.304 e. The molecule has 0 aliphatic carbocycles. The first-order valence-electron chi connectivity index (χ1n) is 11.9. The molecule has 9 heteroatoms. The van der Waals surface area contributed by atoms with Crippen LogP contribution < -0.4 is 4.31 Å². The van der Waals surface area contributed by atoms with E-state index in [4.69, 9.17) is 11.6 Å². The molecule has 36 heavy (non-hydrogen) atoms. The molecule has 5 rings (SSSR count). The van der Waals surface area contributed by atoms with Crippen LogP contribution in [0.25, 0.3) is 11.1 Å². The molecule has 2 aliphatic rings. The van der Waals surface area contributed by atoms with Crippen molar-refractivity contribution in [2.75, 3.05) is 24.4 Å². The predicted molar refractivity (Wildman–Crippen MR) is 141 cm³/mol. The maximum absolute atomic E-state index is 14.0. The number of benzene rings is 3. The molecule has 0 bridgehead atoms. The van der Waals surface area contributed by atoms with Gasteiger partial charge in [-0.1, -0.05) is 41.9 Å². The number of aromatic hydroxyl groups is 1. The molecule has 0 amide bonds. The minimum absolute atomic E-state index is 0.0778. The van der Waals surface area contributed by atoms with Crippen LogP contribution >= 0.6 is 11.6 Å². The van der Waals surface area contributed by atoms with Crippen molar-refractivity contribution >= 4 is 27.5 Å². The van der Waals surface area contributed by atoms with E-state index in [1.807, 2.05) is 30.3 Å². The Morgan fingerprint density at radius 2 is 1.86 bits per heavy atom. The first-order valence-corrected chi connectivity index (χ1v) is 13.7. The summed E-state index contributed by atoms with van der Waals surface area (Å²) < 4.78 is 43.4. The van der Waals surface area contributed by atoms with E-state index in [2.05, 4.69) is 11.8 Å². The molecule has 2 aliphatic heterocycles. The summed E-state index contributed by atoms with van der Waals surface area (Å²) in [5.74, 6) is -0.290. The quantitative estimate of drug-likeness (QED) is 0.500. The first-order chi connectivity index (χ1) is 17.1. The zero-order chi connectivity index (χ0) is 25.7. The van der Waals surface area contributed by atoms with Crippen molar-refractivity contribution in [3.05, 3.63) is 83.1 Å². The average Bonchev–Trinajstić information content (AvgIpc) is 3.01. The third-order valence-corrected chi connectivity index (χ3v) is 9.69. The van der Waals surface area contributed by atoms with Gasteiger partial charge in [-0.05, 0) is 61.7 Å². The van der Waals surface area contributed by atoms with Gasteiger partial charge in [-0.3, -0.25) is 9.21 Å². The third-order valence-electron chi connectivity index (χ3n) is 7.39. The lowest BCUT2D eigenvalue weighted by Gasteiger charge is -2.47. The van der Waals surface area contributed by atoms with Gasteiger partial charge in [-0.15, -0.1) is 0 Å². The molecule has 0 saturated carbocycles. The van der Waals surface area contributed by atoms with E-state index >= 15 is 0 Å². The number of phenolic OH excluding ortho intramolecular Hbond substituents is 1. The Balaban J connectivity index is 1.40. The lowest BCUT2D eigenvalue weighted by molar-refractivity contribution is 0.100. The minimum atomic E-state index is -3.75. The summed E-state index contributed by atoms with van der Waals surface area (Å²) >= 11 is 6.37. The van der Waals surface area contributed by atoms with E-state index < -0.39 is 21.6 Å². The zero-order valence-electron chi connectivity index (χ0n) is 20.2. The van der Waals surface area contributed by atoms with E-state index in [0.717, 1.165) is 11.1 Å². The summed E-state index contributed by atoms with van der Waals surface area (Å²) in [7, 11) is -2.16. The van der Waals surface area contributed by atoms with E-state index in [9.17, 15) is 17.9 Å². The number of likely N-dealkylation sites (N-methyl/N-ethyl adjacent to an activating group) is 1. The molecule has 6 nitrogen and oxygen atoms in total. The molecule has 0 unspecified atom stereocenters. The first kappa shape index (κ1) is 25.0. The van der Waals surface area contributed by atoms with Gasteiger partial charge in [0.15, 0.2) is 0 Å². The molecule has 190 valence electrons. The van der Waals surface area contributed by atoms with Crippen LogP contribution in [0.5, 0.6) is 5.75 Å². The van der Waals surface area contributed by atoms with Gasteiger partial charge in [0, 0.05) is 48.9 Å². The Labute approximate surface area is 216 Å². The van der Waals surface area contributed by atoms with Crippen molar-refractivity contribution in [3.63, 3.8) is 0 Å². The monoisotopic (exact) mass is 529 g/mol. The number of rotatable bonds is 4. The molecule has 1 N–H and O–H groups in total. The number of halogens is 2. The van der Waals surface area contributed by atoms with Crippen LogP contribution in [0, 0.1) is 5.82 Å². The van der Waals surface area contributed by atoms with Crippen LogP contribution in [0.15, 0.2) is 66.7 Å². The fourth-order valence-electron chi connectivity index (χ4n) is 5.68. The maximum atomic E-state index is 14.0. The molecule has 0 radical (unpaired) electrons. The van der Waals surface area contributed by atoms with Gasteiger partial charge in [-0.25, -0.2) is 4.39 Å². The van der Waals surface area contributed by atoms with Crippen molar-refractivity contribution in [2.24, 2.45) is 0 Å². The van der Waals surface area contributed by atoms with Crippen LogP contribution in [0.3, 0.4) is 0 Å². The van der Waals surface area contributed by atoms with Gasteiger partial charge < -0.3 is 5.11 Å². The van der Waals surface area contributed by atoms with Crippen LogP contribution in [-0.2, 0) is 16.8 Å². The van der Waals surface area contributed by atoms with Crippen LogP contribution in [0.4, 0.5) is 10.1 Å². The summed E-state index contributed by atoms with van der Waals surface area (Å²) in [4.78, 5) is 2.32. The van der Waals surface area contributed by atoms with Gasteiger partial charge in [0.2, 0.25) is 0 Å². The molecule has 2 atom stereocenters. The SMILES string of the molecule is C[C@H]1C[C@]2(CCN1Cc1ccc(O)c(-c3ccccc3Cl)c1)CN(C)S(=O)(=O)N2c1cccc(F)c1. The van der Waals surface area contributed by atoms with E-state index in [1.165, 1.54) is 20.7 Å². The summed E-state index contributed by atoms with van der Waals surface area (Å²) in [6.45, 7) is 3.79. The second-order valence-corrected chi connectivity index (χ2v) is 12.1. The highest BCUT2D eigenvalue weighted by Gasteiger charge is 2.55. The highest BCUT2D eigenvalue weighted by atomic mass is 35.5. The molecule has 2 fully saturated rings. The number of anilines is 1. The summed E-state index contributed by atoms with van der Waals surface area (Å²) in [5, 5.41) is 11.0. The highest BCUT2D eigenvalue weighted by molar-refractivity contribution is 7.90. The Kier molecular flexibility index (Phi) is 6.49. The standard InChI is InChI=1S/C27H29ClFN3O3S/c1-19-16-27(18-30(2)36(34,35)32(27)22-7-5-6-21(29)15-22)12-13-31(19)17-20-10-11-26(33)24(14-20)23-8-3-4-9-25(23)28/h3-11,14-15,19,33H,12-13,16-18H2,1-2H3/t19-,27+/m0/s1. The van der Waals surface area contributed by atoms with Crippen LogP contribution in [-0.4, -0.2) is 54.4 Å². The average molecular weight is 530 g/mol. The molecule has 3 aromatic carbocycles. The van der Waals surface area contributed by atoms with Crippen molar-refractivity contribution < 1.29 is 17.9 Å². The Morgan fingerprint density at radius 3 is 2.58 bits per heavy atom. The molecule has 0 aromatic heterocycles. The van der Waals surface area contributed by atoms with Gasteiger partial charge in [0.25, 0.3) is 0 Å². The normalized spacial score (nSPS) is 24.4. The van der Waals surface area contributed by atoms with Gasteiger partial charge in [0.1, 0.15) is 11.6 Å². The van der Waals surface area contributed by atoms with Gasteiger partial charge in [0.05, 0.1) is 11.2 Å². The predicted octanol–water partition coefficient (Wildman–Crippen LogP) is 5.27. The van der Waals surface area contributed by atoms with E-state index in [0.29, 0.717) is 48.7 Å². The van der Waals surface area contributed by atoms with Gasteiger partial charge >= 0.3 is 10.2 Å². The fourth-order valence-corrected chi connectivity index (χ4v) is 7.69. The Morgan fingerprint density at radius 1 is 1.08 bits per heavy atom. The molecular formula is C27H29ClFN3O3S. The smallest absolute Gasteiger partial charge is 0.304 e. The third kappa shape index (κ3) is 4.36. The second kappa shape index (κ2) is 9.34. The lowest BCUT2D eigenvalue weighted by Crippen LogP contribution is -2.57. The molecule has 1 spiro atoms. The van der Waals surface area contributed by atoms with Crippen molar-refractivity contribution in [1.29, 1.82) is 0 Å². The van der Waals surface area contributed by atoms with Gasteiger partial charge in [-0.2, -0.15) is 12.7 Å². The lowest BCUT2D eigenvalue weighted by atomic mass is 9.82. The number of hydrogen-bond acceptors (Lipinski definition) is 4. The number of piperidine rings is 1. The van der Waals surface area contributed by atoms with E-state index in [1.54, 1.807) is 31.3 Å². The summed E-state index contributed by atoms with van der Waals surface area (Å²) in [6.07, 6.45) is 1.23. The molecule has 2 saturated heterocycles. The fraction of sp³-hybridized carbons (Fsp3) is 0.333. The molecule has 3 aromatic rings. The summed E-state index contributed by atoms with van der Waals surface area (Å²) in [5.41, 5.74) is 2.20.